The average Bonchev–Trinajstić information content (AvgIpc) is 2.76. The highest BCUT2D eigenvalue weighted by Crippen LogP contribution is 2.25. The van der Waals surface area contributed by atoms with Gasteiger partial charge in [0.15, 0.2) is 0 Å². The van der Waals surface area contributed by atoms with Gasteiger partial charge < -0.3 is 5.11 Å². The fourth-order valence-electron chi connectivity index (χ4n) is 2.85. The van der Waals surface area contributed by atoms with Crippen LogP contribution in [0, 0.1) is 6.92 Å². The summed E-state index contributed by atoms with van der Waals surface area (Å²) in [7, 11) is 0. The molecule has 1 aromatic heterocycles. The third kappa shape index (κ3) is 3.12. The Hall–Kier alpha value is -1.36. The van der Waals surface area contributed by atoms with E-state index in [1.54, 1.807) is 4.68 Å². The second kappa shape index (κ2) is 6.18. The van der Waals surface area contributed by atoms with Gasteiger partial charge in [0.2, 0.25) is 0 Å². The molecule has 3 rings (SSSR count). The van der Waals surface area contributed by atoms with Gasteiger partial charge in [0.25, 0.3) is 0 Å². The summed E-state index contributed by atoms with van der Waals surface area (Å²) in [6, 6.07) is 9.91. The maximum absolute atomic E-state index is 9.78. The van der Waals surface area contributed by atoms with Crippen LogP contribution in [0.1, 0.15) is 24.1 Å². The van der Waals surface area contributed by atoms with Gasteiger partial charge in [-0.15, -0.1) is 0 Å². The molecule has 0 saturated carbocycles. The number of aliphatic hydroxyl groups excluding tert-OH is 1. The minimum Gasteiger partial charge on any atom is -0.392 e. The van der Waals surface area contributed by atoms with Gasteiger partial charge >= 0.3 is 0 Å². The SMILES string of the molecule is Cc1nn(-c2ccccc2)c(Cl)c1CN1CCCC(O)C1. The van der Waals surface area contributed by atoms with Crippen LogP contribution in [-0.4, -0.2) is 39.0 Å². The van der Waals surface area contributed by atoms with Gasteiger partial charge in [-0.1, -0.05) is 29.8 Å². The third-order valence-corrected chi connectivity index (χ3v) is 4.37. The number of aryl methyl sites for hydroxylation is 1. The highest BCUT2D eigenvalue weighted by Gasteiger charge is 2.21. The molecule has 0 amide bonds. The molecule has 1 aliphatic rings. The quantitative estimate of drug-likeness (QED) is 0.948. The van der Waals surface area contributed by atoms with E-state index in [1.807, 2.05) is 37.3 Å². The van der Waals surface area contributed by atoms with E-state index in [0.29, 0.717) is 11.7 Å². The number of likely N-dealkylation sites (tertiary alicyclic amines) is 1. The van der Waals surface area contributed by atoms with Crippen molar-refractivity contribution in [3.63, 3.8) is 0 Å². The van der Waals surface area contributed by atoms with E-state index in [0.717, 1.165) is 42.9 Å². The summed E-state index contributed by atoms with van der Waals surface area (Å²) in [5.74, 6) is 0. The maximum atomic E-state index is 9.78. The smallest absolute Gasteiger partial charge is 0.137 e. The number of β-amino-alcohol motifs (C(OH)–C–C–N with tert-alkyl or cyclic N) is 1. The zero-order valence-electron chi connectivity index (χ0n) is 12.2. The van der Waals surface area contributed by atoms with Gasteiger partial charge in [0.1, 0.15) is 5.15 Å². The fraction of sp³-hybridized carbons (Fsp3) is 0.438. The second-order valence-corrected chi connectivity index (χ2v) is 5.99. The number of benzene rings is 1. The van der Waals surface area contributed by atoms with Crippen LogP contribution in [0.5, 0.6) is 0 Å². The molecule has 0 radical (unpaired) electrons. The number of hydrogen-bond acceptors (Lipinski definition) is 3. The molecule has 1 N–H and O–H groups in total. The molecule has 1 fully saturated rings. The highest BCUT2D eigenvalue weighted by atomic mass is 35.5. The summed E-state index contributed by atoms with van der Waals surface area (Å²) in [5.41, 5.74) is 2.97. The third-order valence-electron chi connectivity index (χ3n) is 3.98. The van der Waals surface area contributed by atoms with Gasteiger partial charge in [-0.3, -0.25) is 4.90 Å². The molecule has 1 saturated heterocycles. The van der Waals surface area contributed by atoms with Crippen LogP contribution in [0.3, 0.4) is 0 Å². The van der Waals surface area contributed by atoms with Crippen LogP contribution in [0.4, 0.5) is 0 Å². The molecule has 1 aliphatic heterocycles. The molecule has 21 heavy (non-hydrogen) atoms. The maximum Gasteiger partial charge on any atom is 0.137 e. The zero-order valence-corrected chi connectivity index (χ0v) is 12.9. The van der Waals surface area contributed by atoms with Crippen molar-refractivity contribution in [2.24, 2.45) is 0 Å². The van der Waals surface area contributed by atoms with Crippen LogP contribution in [0.15, 0.2) is 30.3 Å². The Kier molecular flexibility index (Phi) is 4.29. The molecule has 5 heteroatoms. The van der Waals surface area contributed by atoms with E-state index in [-0.39, 0.29) is 6.10 Å². The number of piperidine rings is 1. The number of rotatable bonds is 3. The molecule has 1 aromatic carbocycles. The van der Waals surface area contributed by atoms with E-state index >= 15 is 0 Å². The van der Waals surface area contributed by atoms with Crippen molar-refractivity contribution in [1.29, 1.82) is 0 Å². The van der Waals surface area contributed by atoms with Crippen LogP contribution < -0.4 is 0 Å². The number of halogens is 1. The lowest BCUT2D eigenvalue weighted by molar-refractivity contribution is 0.0667. The Bertz CT molecular complexity index is 611. The van der Waals surface area contributed by atoms with Crippen LogP contribution in [-0.2, 0) is 6.54 Å². The molecule has 1 atom stereocenters. The Morgan fingerprint density at radius 2 is 2.10 bits per heavy atom. The summed E-state index contributed by atoms with van der Waals surface area (Å²) in [6.07, 6.45) is 1.71. The van der Waals surface area contributed by atoms with Gasteiger partial charge in [-0.25, -0.2) is 4.68 Å². The predicted molar refractivity (Wildman–Crippen MR) is 83.8 cm³/mol. The first kappa shape index (κ1) is 14.6. The largest absolute Gasteiger partial charge is 0.392 e. The van der Waals surface area contributed by atoms with Crippen molar-refractivity contribution in [2.75, 3.05) is 13.1 Å². The molecule has 112 valence electrons. The number of aliphatic hydroxyl groups is 1. The van der Waals surface area contributed by atoms with Crippen molar-refractivity contribution in [1.82, 2.24) is 14.7 Å². The van der Waals surface area contributed by atoms with Gasteiger partial charge in [0.05, 0.1) is 17.5 Å². The van der Waals surface area contributed by atoms with Gasteiger partial charge in [-0.2, -0.15) is 5.10 Å². The van der Waals surface area contributed by atoms with Gasteiger partial charge in [0, 0.05) is 18.7 Å². The summed E-state index contributed by atoms with van der Waals surface area (Å²) < 4.78 is 1.78. The minimum atomic E-state index is -0.220. The van der Waals surface area contributed by atoms with Crippen LogP contribution in [0.2, 0.25) is 5.15 Å². The molecule has 2 aromatic rings. The highest BCUT2D eigenvalue weighted by molar-refractivity contribution is 6.30. The first-order valence-electron chi connectivity index (χ1n) is 7.35. The van der Waals surface area contributed by atoms with E-state index in [1.165, 1.54) is 0 Å². The molecule has 0 spiro atoms. The first-order valence-corrected chi connectivity index (χ1v) is 7.73. The second-order valence-electron chi connectivity index (χ2n) is 5.63. The normalized spacial score (nSPS) is 19.9. The van der Waals surface area contributed by atoms with Crippen molar-refractivity contribution in [2.45, 2.75) is 32.4 Å². The molecule has 1 unspecified atom stereocenters. The molecule has 0 aliphatic carbocycles. The molecule has 2 heterocycles. The Labute approximate surface area is 130 Å². The summed E-state index contributed by atoms with van der Waals surface area (Å²) in [6.45, 7) is 4.45. The Balaban J connectivity index is 1.85. The number of aromatic nitrogens is 2. The topological polar surface area (TPSA) is 41.3 Å². The Morgan fingerprint density at radius 3 is 2.81 bits per heavy atom. The lowest BCUT2D eigenvalue weighted by atomic mass is 10.1. The molecular weight excluding hydrogens is 286 g/mol. The lowest BCUT2D eigenvalue weighted by Gasteiger charge is -2.29. The van der Waals surface area contributed by atoms with Crippen LogP contribution >= 0.6 is 11.6 Å². The summed E-state index contributed by atoms with van der Waals surface area (Å²) >= 11 is 6.53. The van der Waals surface area contributed by atoms with Crippen molar-refractivity contribution < 1.29 is 5.11 Å². The molecular formula is C16H20ClN3O. The molecule has 0 bridgehead atoms. The van der Waals surface area contributed by atoms with Crippen molar-refractivity contribution >= 4 is 11.6 Å². The number of para-hydroxylation sites is 1. The minimum absolute atomic E-state index is 0.220. The van der Waals surface area contributed by atoms with E-state index in [9.17, 15) is 5.11 Å². The predicted octanol–water partition coefficient (Wildman–Crippen LogP) is 2.79. The molecule has 4 nitrogen and oxygen atoms in total. The lowest BCUT2D eigenvalue weighted by Crippen LogP contribution is -2.37. The monoisotopic (exact) mass is 305 g/mol. The summed E-state index contributed by atoms with van der Waals surface area (Å²) in [5, 5.41) is 15.0. The Morgan fingerprint density at radius 1 is 1.33 bits per heavy atom. The first-order chi connectivity index (χ1) is 10.1. The van der Waals surface area contributed by atoms with E-state index in [4.69, 9.17) is 11.6 Å². The van der Waals surface area contributed by atoms with Crippen molar-refractivity contribution in [3.8, 4) is 5.69 Å². The number of nitrogens with zero attached hydrogens (tertiary/aromatic N) is 3. The standard InChI is InChI=1S/C16H20ClN3O/c1-12-15(11-19-9-5-8-14(21)10-19)16(17)20(18-12)13-6-3-2-4-7-13/h2-4,6-7,14,21H,5,8-11H2,1H3. The average molecular weight is 306 g/mol. The fourth-order valence-corrected chi connectivity index (χ4v) is 3.18. The van der Waals surface area contributed by atoms with Crippen molar-refractivity contribution in [3.05, 3.63) is 46.7 Å². The summed E-state index contributed by atoms with van der Waals surface area (Å²) in [4.78, 5) is 2.25. The van der Waals surface area contributed by atoms with Gasteiger partial charge in [-0.05, 0) is 38.4 Å². The zero-order chi connectivity index (χ0) is 14.8. The number of hydrogen-bond donors (Lipinski definition) is 1. The van der Waals surface area contributed by atoms with Crippen LogP contribution in [0.25, 0.3) is 5.69 Å². The van der Waals surface area contributed by atoms with E-state index < -0.39 is 0 Å². The van der Waals surface area contributed by atoms with E-state index in [2.05, 4.69) is 10.00 Å².